The van der Waals surface area contributed by atoms with Crippen molar-refractivity contribution in [3.63, 3.8) is 0 Å². The molecule has 0 amide bonds. The minimum atomic E-state index is 0.125. The van der Waals surface area contributed by atoms with E-state index in [0.717, 1.165) is 6.10 Å². The van der Waals surface area contributed by atoms with Gasteiger partial charge in [-0.1, -0.05) is 12.2 Å². The number of aliphatic hydroxyl groups is 1. The van der Waals surface area contributed by atoms with E-state index in [0.29, 0.717) is 19.4 Å². The first-order valence-corrected chi connectivity index (χ1v) is 3.65. The van der Waals surface area contributed by atoms with Gasteiger partial charge in [0.2, 0.25) is 0 Å². The van der Waals surface area contributed by atoms with Gasteiger partial charge in [0.25, 0.3) is 0 Å². The van der Waals surface area contributed by atoms with Crippen LogP contribution in [0, 0.1) is 6.10 Å². The molecule has 63 valence electrons. The Morgan fingerprint density at radius 3 is 2.55 bits per heavy atom. The second-order valence-electron chi connectivity index (χ2n) is 2.10. The maximum absolute atomic E-state index is 8.60. The molecule has 0 atom stereocenters. The Balaban J connectivity index is 3.49. The molecule has 0 bridgehead atoms. The maximum atomic E-state index is 8.60. The molecule has 2 heteroatoms. The fourth-order valence-electron chi connectivity index (χ4n) is 0.696. The van der Waals surface area contributed by atoms with Crippen molar-refractivity contribution < 1.29 is 9.84 Å². The molecule has 0 aromatic rings. The highest BCUT2D eigenvalue weighted by molar-refractivity contribution is 4.88. The summed E-state index contributed by atoms with van der Waals surface area (Å²) in [6, 6.07) is 0. The van der Waals surface area contributed by atoms with E-state index in [1.54, 1.807) is 12.2 Å². The highest BCUT2D eigenvalue weighted by atomic mass is 16.5. The van der Waals surface area contributed by atoms with Gasteiger partial charge in [-0.15, -0.1) is 13.2 Å². The van der Waals surface area contributed by atoms with Gasteiger partial charge in [0.1, 0.15) is 6.10 Å². The monoisotopic (exact) mass is 155 g/mol. The van der Waals surface area contributed by atoms with E-state index in [2.05, 4.69) is 13.2 Å². The van der Waals surface area contributed by atoms with Crippen LogP contribution in [0.5, 0.6) is 0 Å². The maximum Gasteiger partial charge on any atom is 0.103 e. The predicted molar refractivity (Wildman–Crippen MR) is 45.9 cm³/mol. The number of hydrogen-bond acceptors (Lipinski definition) is 2. The van der Waals surface area contributed by atoms with E-state index < -0.39 is 0 Å². The van der Waals surface area contributed by atoms with Crippen LogP contribution in [-0.4, -0.2) is 18.3 Å². The highest BCUT2D eigenvalue weighted by Crippen LogP contribution is 2.12. The summed E-state index contributed by atoms with van der Waals surface area (Å²) in [7, 11) is 0. The molecule has 1 radical (unpaired) electrons. The Kier molecular flexibility index (Phi) is 7.10. The van der Waals surface area contributed by atoms with E-state index in [1.165, 1.54) is 0 Å². The third-order valence-electron chi connectivity index (χ3n) is 1.17. The molecular formula is C9H15O2. The zero-order valence-corrected chi connectivity index (χ0v) is 6.75. The van der Waals surface area contributed by atoms with Crippen molar-refractivity contribution in [3.8, 4) is 0 Å². The summed E-state index contributed by atoms with van der Waals surface area (Å²) in [5.74, 6) is 0. The molecular weight excluding hydrogens is 140 g/mol. The fraction of sp³-hybridized carbons (Fsp3) is 0.444. The molecule has 0 aliphatic heterocycles. The summed E-state index contributed by atoms with van der Waals surface area (Å²) in [6.45, 7) is 7.74. The van der Waals surface area contributed by atoms with Crippen molar-refractivity contribution in [2.75, 3.05) is 13.2 Å². The molecule has 0 rings (SSSR count). The summed E-state index contributed by atoms with van der Waals surface area (Å²) < 4.78 is 5.24. The van der Waals surface area contributed by atoms with Gasteiger partial charge in [-0.3, -0.25) is 0 Å². The zero-order chi connectivity index (χ0) is 8.53. The summed E-state index contributed by atoms with van der Waals surface area (Å²) >= 11 is 0. The lowest BCUT2D eigenvalue weighted by atomic mass is 10.2. The third-order valence-corrected chi connectivity index (χ3v) is 1.17. The van der Waals surface area contributed by atoms with E-state index >= 15 is 0 Å². The standard InChI is InChI=1S/C9H15O2/c1-3-5-9(6-7-10)11-8-4-2/h3-4,10H,1-2,5-8H2. The van der Waals surface area contributed by atoms with Crippen molar-refractivity contribution in [3.05, 3.63) is 31.4 Å². The van der Waals surface area contributed by atoms with E-state index in [1.807, 2.05) is 0 Å². The molecule has 0 aliphatic carbocycles. The first-order chi connectivity index (χ1) is 5.35. The summed E-state index contributed by atoms with van der Waals surface area (Å²) in [6.07, 6.45) is 5.59. The van der Waals surface area contributed by atoms with E-state index in [-0.39, 0.29) is 6.61 Å². The Morgan fingerprint density at radius 1 is 1.36 bits per heavy atom. The Hall–Kier alpha value is -0.600. The number of ether oxygens (including phenoxy) is 1. The summed E-state index contributed by atoms with van der Waals surface area (Å²) in [5, 5.41) is 8.60. The Labute approximate surface area is 68.2 Å². The van der Waals surface area contributed by atoms with Gasteiger partial charge in [-0.05, 0) is 6.42 Å². The lowest BCUT2D eigenvalue weighted by molar-refractivity contribution is 0.139. The Morgan fingerprint density at radius 2 is 2.09 bits per heavy atom. The predicted octanol–water partition coefficient (Wildman–Crippen LogP) is 1.68. The van der Waals surface area contributed by atoms with Crippen LogP contribution in [-0.2, 0) is 4.74 Å². The molecule has 11 heavy (non-hydrogen) atoms. The van der Waals surface area contributed by atoms with Crippen LogP contribution >= 0.6 is 0 Å². The van der Waals surface area contributed by atoms with Crippen LogP contribution in [0.1, 0.15) is 12.8 Å². The van der Waals surface area contributed by atoms with Gasteiger partial charge in [-0.25, -0.2) is 0 Å². The van der Waals surface area contributed by atoms with E-state index in [4.69, 9.17) is 9.84 Å². The molecule has 1 N–H and O–H groups in total. The lowest BCUT2D eigenvalue weighted by Crippen LogP contribution is -2.04. The number of hydrogen-bond donors (Lipinski definition) is 1. The third kappa shape index (κ3) is 5.83. The fourth-order valence-corrected chi connectivity index (χ4v) is 0.696. The van der Waals surface area contributed by atoms with Gasteiger partial charge in [0.15, 0.2) is 0 Å². The lowest BCUT2D eigenvalue weighted by Gasteiger charge is -2.11. The van der Waals surface area contributed by atoms with Crippen LogP contribution in [0.2, 0.25) is 0 Å². The minimum absolute atomic E-state index is 0.125. The van der Waals surface area contributed by atoms with Crippen LogP contribution in [0.15, 0.2) is 25.3 Å². The molecule has 0 aromatic heterocycles. The van der Waals surface area contributed by atoms with Gasteiger partial charge in [0.05, 0.1) is 6.61 Å². The van der Waals surface area contributed by atoms with Crippen LogP contribution in [0.25, 0.3) is 0 Å². The smallest absolute Gasteiger partial charge is 0.103 e. The van der Waals surface area contributed by atoms with Crippen LogP contribution < -0.4 is 0 Å². The average molecular weight is 155 g/mol. The normalized spacial score (nSPS) is 10.0. The van der Waals surface area contributed by atoms with Crippen molar-refractivity contribution in [1.82, 2.24) is 0 Å². The molecule has 0 aromatic carbocycles. The van der Waals surface area contributed by atoms with Gasteiger partial charge in [-0.2, -0.15) is 0 Å². The van der Waals surface area contributed by atoms with Crippen molar-refractivity contribution in [2.24, 2.45) is 0 Å². The van der Waals surface area contributed by atoms with Crippen molar-refractivity contribution in [1.29, 1.82) is 0 Å². The first-order valence-electron chi connectivity index (χ1n) is 3.65. The van der Waals surface area contributed by atoms with Crippen molar-refractivity contribution in [2.45, 2.75) is 12.8 Å². The molecule has 0 aliphatic rings. The highest BCUT2D eigenvalue weighted by Gasteiger charge is 2.05. The van der Waals surface area contributed by atoms with Gasteiger partial charge >= 0.3 is 0 Å². The van der Waals surface area contributed by atoms with Gasteiger partial charge < -0.3 is 9.84 Å². The summed E-state index contributed by atoms with van der Waals surface area (Å²) in [4.78, 5) is 0. The number of rotatable bonds is 7. The SMILES string of the molecule is C=CCO[C](CC=C)CCO. The molecule has 0 spiro atoms. The molecule has 0 unspecified atom stereocenters. The van der Waals surface area contributed by atoms with Crippen molar-refractivity contribution >= 4 is 0 Å². The second-order valence-corrected chi connectivity index (χ2v) is 2.10. The second kappa shape index (κ2) is 7.51. The van der Waals surface area contributed by atoms with Crippen LogP contribution in [0.4, 0.5) is 0 Å². The van der Waals surface area contributed by atoms with Crippen LogP contribution in [0.3, 0.4) is 0 Å². The quantitative estimate of drug-likeness (QED) is 0.567. The molecule has 0 heterocycles. The molecule has 0 fully saturated rings. The zero-order valence-electron chi connectivity index (χ0n) is 6.75. The average Bonchev–Trinajstić information content (AvgIpc) is 2.01. The molecule has 0 saturated heterocycles. The topological polar surface area (TPSA) is 29.5 Å². The number of aliphatic hydroxyl groups excluding tert-OH is 1. The van der Waals surface area contributed by atoms with Gasteiger partial charge in [0, 0.05) is 13.0 Å². The summed E-state index contributed by atoms with van der Waals surface area (Å²) in [5.41, 5.74) is 0. The molecule has 0 saturated carbocycles. The minimum Gasteiger partial charge on any atom is -0.396 e. The largest absolute Gasteiger partial charge is 0.396 e. The van der Waals surface area contributed by atoms with E-state index in [9.17, 15) is 0 Å². The molecule has 2 nitrogen and oxygen atoms in total. The first kappa shape index (κ1) is 10.4. The Bertz CT molecular complexity index is 110.